The van der Waals surface area contributed by atoms with Crippen molar-refractivity contribution < 1.29 is 19.2 Å². The minimum Gasteiger partial charge on any atom is -0.448 e. The number of anilines is 1. The fraction of sp³-hybridized carbons (Fsp3) is 0.111. The highest BCUT2D eigenvalue weighted by molar-refractivity contribution is 7.17. The van der Waals surface area contributed by atoms with Gasteiger partial charge in [0.1, 0.15) is 4.88 Å². The van der Waals surface area contributed by atoms with E-state index in [9.17, 15) is 19.7 Å². The third kappa shape index (κ3) is 3.86. The summed E-state index contributed by atoms with van der Waals surface area (Å²) in [5.74, 6) is -1.26. The number of ether oxygens (including phenoxy) is 1. The molecule has 0 saturated heterocycles. The molecule has 0 radical (unpaired) electrons. The van der Waals surface area contributed by atoms with E-state index in [1.807, 2.05) is 36.4 Å². The average molecular weight is 370 g/mol. The number of hydrogen-bond donors (Lipinski definition) is 1. The van der Waals surface area contributed by atoms with Crippen LogP contribution in [0.15, 0.2) is 54.6 Å². The number of esters is 1. The first-order valence-corrected chi connectivity index (χ1v) is 8.50. The molecule has 132 valence electrons. The Morgan fingerprint density at radius 1 is 1.12 bits per heavy atom. The molecular formula is C18H14N2O5S. The lowest BCUT2D eigenvalue weighted by Crippen LogP contribution is -2.29. The number of nitrogens with zero attached hydrogens (tertiary/aromatic N) is 1. The zero-order chi connectivity index (χ0) is 18.7. The molecule has 26 heavy (non-hydrogen) atoms. The Morgan fingerprint density at radius 3 is 2.54 bits per heavy atom. The summed E-state index contributed by atoms with van der Waals surface area (Å²) < 4.78 is 5.09. The molecule has 0 aliphatic carbocycles. The van der Waals surface area contributed by atoms with Crippen LogP contribution < -0.4 is 5.32 Å². The molecule has 7 nitrogen and oxygen atoms in total. The summed E-state index contributed by atoms with van der Waals surface area (Å²) in [4.78, 5) is 34.4. The van der Waals surface area contributed by atoms with E-state index >= 15 is 0 Å². The van der Waals surface area contributed by atoms with E-state index in [-0.39, 0.29) is 9.88 Å². The maximum atomic E-state index is 12.2. The van der Waals surface area contributed by atoms with Crippen LogP contribution in [0.4, 0.5) is 10.7 Å². The molecule has 3 aromatic rings. The Bertz CT molecular complexity index is 998. The summed E-state index contributed by atoms with van der Waals surface area (Å²) >= 11 is 0.703. The molecule has 2 aromatic carbocycles. The minimum atomic E-state index is -1.05. The highest BCUT2D eigenvalue weighted by Crippen LogP contribution is 2.25. The molecule has 1 N–H and O–H groups in total. The molecule has 0 aliphatic heterocycles. The van der Waals surface area contributed by atoms with E-state index in [1.165, 1.54) is 19.1 Å². The minimum absolute atomic E-state index is 0.0713. The predicted molar refractivity (Wildman–Crippen MR) is 98.4 cm³/mol. The summed E-state index contributed by atoms with van der Waals surface area (Å²) in [6.45, 7) is 1.44. The van der Waals surface area contributed by atoms with Gasteiger partial charge in [0.05, 0.1) is 4.92 Å². The standard InChI is InChI=1S/C18H14N2O5S/c1-11(25-18(22)15-8-9-16(26-15)20(23)24)17(21)19-14-7-6-12-4-2-3-5-13(12)10-14/h2-11H,1H3,(H,19,21)/t11-/m1/s1. The maximum Gasteiger partial charge on any atom is 0.349 e. The Hall–Kier alpha value is -3.26. The Morgan fingerprint density at radius 2 is 1.85 bits per heavy atom. The predicted octanol–water partition coefficient (Wildman–Crippen LogP) is 3.99. The fourth-order valence-corrected chi connectivity index (χ4v) is 3.02. The SMILES string of the molecule is C[C@@H](OC(=O)c1ccc([N+](=O)[O-])s1)C(=O)Nc1ccc2ccccc2c1. The zero-order valence-corrected chi connectivity index (χ0v) is 14.5. The number of amides is 1. The van der Waals surface area contributed by atoms with Crippen LogP contribution in [0.2, 0.25) is 0 Å². The molecule has 8 heteroatoms. The lowest BCUT2D eigenvalue weighted by Gasteiger charge is -2.13. The van der Waals surface area contributed by atoms with Gasteiger partial charge in [-0.05, 0) is 35.9 Å². The van der Waals surface area contributed by atoms with Crippen LogP contribution in [0.1, 0.15) is 16.6 Å². The first-order chi connectivity index (χ1) is 12.4. The van der Waals surface area contributed by atoms with Gasteiger partial charge in [-0.2, -0.15) is 0 Å². The van der Waals surface area contributed by atoms with Crippen LogP contribution in [-0.2, 0) is 9.53 Å². The van der Waals surface area contributed by atoms with Crippen molar-refractivity contribution in [2.75, 3.05) is 5.32 Å². The van der Waals surface area contributed by atoms with Crippen LogP contribution in [0.5, 0.6) is 0 Å². The lowest BCUT2D eigenvalue weighted by molar-refractivity contribution is -0.380. The largest absolute Gasteiger partial charge is 0.448 e. The van der Waals surface area contributed by atoms with Crippen molar-refractivity contribution in [3.8, 4) is 0 Å². The van der Waals surface area contributed by atoms with Crippen molar-refractivity contribution in [3.05, 3.63) is 69.6 Å². The molecule has 1 amide bonds. The number of fused-ring (bicyclic) bond motifs is 1. The number of carbonyl (C=O) groups excluding carboxylic acids is 2. The van der Waals surface area contributed by atoms with Crippen LogP contribution in [0.3, 0.4) is 0 Å². The zero-order valence-electron chi connectivity index (χ0n) is 13.7. The van der Waals surface area contributed by atoms with Gasteiger partial charge in [0.15, 0.2) is 6.10 Å². The van der Waals surface area contributed by atoms with Crippen molar-refractivity contribution in [3.63, 3.8) is 0 Å². The number of carbonyl (C=O) groups is 2. The van der Waals surface area contributed by atoms with Gasteiger partial charge in [0.25, 0.3) is 5.91 Å². The molecule has 1 aromatic heterocycles. The highest BCUT2D eigenvalue weighted by Gasteiger charge is 2.22. The second-order valence-corrected chi connectivity index (χ2v) is 6.56. The van der Waals surface area contributed by atoms with Gasteiger partial charge in [-0.25, -0.2) is 4.79 Å². The Kier molecular flexibility index (Phi) is 4.94. The summed E-state index contributed by atoms with van der Waals surface area (Å²) in [6, 6.07) is 15.7. The summed E-state index contributed by atoms with van der Waals surface area (Å²) in [7, 11) is 0. The van der Waals surface area contributed by atoms with E-state index in [2.05, 4.69) is 5.32 Å². The van der Waals surface area contributed by atoms with Crippen LogP contribution >= 0.6 is 11.3 Å². The third-order valence-corrected chi connectivity index (χ3v) is 4.66. The maximum absolute atomic E-state index is 12.2. The molecule has 0 spiro atoms. The molecule has 1 atom stereocenters. The van der Waals surface area contributed by atoms with Crippen LogP contribution in [0, 0.1) is 10.1 Å². The number of rotatable bonds is 5. The number of benzene rings is 2. The Balaban J connectivity index is 1.64. The number of nitrogens with one attached hydrogen (secondary N) is 1. The van der Waals surface area contributed by atoms with Crippen molar-refractivity contribution >= 4 is 44.7 Å². The van der Waals surface area contributed by atoms with Gasteiger partial charge in [0, 0.05) is 11.8 Å². The smallest absolute Gasteiger partial charge is 0.349 e. The quantitative estimate of drug-likeness (QED) is 0.416. The lowest BCUT2D eigenvalue weighted by atomic mass is 10.1. The van der Waals surface area contributed by atoms with Gasteiger partial charge < -0.3 is 10.1 Å². The molecule has 0 bridgehead atoms. The van der Waals surface area contributed by atoms with E-state index in [0.717, 1.165) is 10.8 Å². The molecule has 0 aliphatic rings. The first kappa shape index (κ1) is 17.6. The summed E-state index contributed by atoms with van der Waals surface area (Å²) in [5, 5.41) is 15.2. The highest BCUT2D eigenvalue weighted by atomic mass is 32.1. The van der Waals surface area contributed by atoms with Crippen molar-refractivity contribution in [1.29, 1.82) is 0 Å². The van der Waals surface area contributed by atoms with Crippen molar-refractivity contribution in [1.82, 2.24) is 0 Å². The van der Waals surface area contributed by atoms with Crippen molar-refractivity contribution in [2.45, 2.75) is 13.0 Å². The van der Waals surface area contributed by atoms with Gasteiger partial charge in [0.2, 0.25) is 0 Å². The van der Waals surface area contributed by atoms with Crippen LogP contribution in [0.25, 0.3) is 10.8 Å². The number of thiophene rings is 1. The normalized spacial score (nSPS) is 11.7. The molecule has 0 saturated carbocycles. The van der Waals surface area contributed by atoms with Crippen LogP contribution in [-0.4, -0.2) is 22.9 Å². The third-order valence-electron chi connectivity index (χ3n) is 3.64. The number of hydrogen-bond acceptors (Lipinski definition) is 6. The van der Waals surface area contributed by atoms with Gasteiger partial charge in [-0.15, -0.1) is 0 Å². The summed E-state index contributed by atoms with van der Waals surface area (Å²) in [6.07, 6.45) is -1.05. The fourth-order valence-electron chi connectivity index (χ4n) is 2.32. The molecule has 3 rings (SSSR count). The monoisotopic (exact) mass is 370 g/mol. The summed E-state index contributed by atoms with van der Waals surface area (Å²) in [5.41, 5.74) is 0.586. The molecular weight excluding hydrogens is 356 g/mol. The average Bonchev–Trinajstić information content (AvgIpc) is 3.12. The van der Waals surface area contributed by atoms with Gasteiger partial charge in [-0.3, -0.25) is 14.9 Å². The van der Waals surface area contributed by atoms with Crippen molar-refractivity contribution in [2.24, 2.45) is 0 Å². The molecule has 1 heterocycles. The van der Waals surface area contributed by atoms with E-state index in [0.29, 0.717) is 17.0 Å². The van der Waals surface area contributed by atoms with Gasteiger partial charge in [-0.1, -0.05) is 41.7 Å². The Labute approximate surface area is 152 Å². The molecule has 0 fully saturated rings. The van der Waals surface area contributed by atoms with E-state index in [4.69, 9.17) is 4.74 Å². The van der Waals surface area contributed by atoms with E-state index < -0.39 is 22.9 Å². The van der Waals surface area contributed by atoms with Gasteiger partial charge >= 0.3 is 11.0 Å². The first-order valence-electron chi connectivity index (χ1n) is 7.69. The topological polar surface area (TPSA) is 98.5 Å². The molecule has 0 unspecified atom stereocenters. The number of nitro groups is 1. The second kappa shape index (κ2) is 7.32. The second-order valence-electron chi connectivity index (χ2n) is 5.49. The van der Waals surface area contributed by atoms with E-state index in [1.54, 1.807) is 6.07 Å².